The van der Waals surface area contributed by atoms with Crippen LogP contribution in [0.4, 0.5) is 0 Å². The Bertz CT molecular complexity index is 795. The molecule has 0 aliphatic carbocycles. The molecule has 1 saturated heterocycles. The summed E-state index contributed by atoms with van der Waals surface area (Å²) >= 11 is 0. The first-order valence-electron chi connectivity index (χ1n) is 8.91. The van der Waals surface area contributed by atoms with Crippen molar-refractivity contribution in [1.29, 1.82) is 0 Å². The highest BCUT2D eigenvalue weighted by atomic mass is 16.2. The number of carbonyl (C=O) groups is 3. The maximum atomic E-state index is 12.2. The van der Waals surface area contributed by atoms with Crippen LogP contribution in [-0.4, -0.2) is 53.8 Å². The molecule has 2 heterocycles. The van der Waals surface area contributed by atoms with Crippen LogP contribution >= 0.6 is 0 Å². The Labute approximate surface area is 157 Å². The summed E-state index contributed by atoms with van der Waals surface area (Å²) in [5, 5.41) is 5.44. The molecular weight excluding hydrogens is 344 g/mol. The number of hydrogen-bond donors (Lipinski definition) is 2. The molecule has 2 N–H and O–H groups in total. The van der Waals surface area contributed by atoms with Gasteiger partial charge < -0.3 is 15.5 Å². The van der Waals surface area contributed by atoms with Crippen molar-refractivity contribution in [3.8, 4) is 0 Å². The van der Waals surface area contributed by atoms with Gasteiger partial charge in [0.05, 0.1) is 12.1 Å². The summed E-state index contributed by atoms with van der Waals surface area (Å²) in [5.74, 6) is -0.348. The van der Waals surface area contributed by atoms with E-state index < -0.39 is 0 Å². The second-order valence-corrected chi connectivity index (χ2v) is 6.43. The Hall–Kier alpha value is -3.22. The number of pyridine rings is 1. The van der Waals surface area contributed by atoms with Gasteiger partial charge in [-0.2, -0.15) is 0 Å². The molecule has 1 aliphatic rings. The minimum absolute atomic E-state index is 0.0103. The van der Waals surface area contributed by atoms with Crippen LogP contribution in [0.25, 0.3) is 0 Å². The molecule has 3 amide bonds. The average Bonchev–Trinajstić information content (AvgIpc) is 3.07. The topological polar surface area (TPSA) is 91.4 Å². The molecular formula is C20H22N4O3. The van der Waals surface area contributed by atoms with E-state index in [9.17, 15) is 14.4 Å². The van der Waals surface area contributed by atoms with Crippen LogP contribution in [0.1, 0.15) is 28.3 Å². The number of aromatic nitrogens is 1. The Kier molecular flexibility index (Phi) is 6.14. The van der Waals surface area contributed by atoms with Crippen molar-refractivity contribution in [2.24, 2.45) is 0 Å². The van der Waals surface area contributed by atoms with E-state index in [1.165, 1.54) is 6.20 Å². The van der Waals surface area contributed by atoms with E-state index in [0.717, 1.165) is 5.56 Å². The molecule has 3 rings (SSSR count). The third-order valence-electron chi connectivity index (χ3n) is 4.48. The van der Waals surface area contributed by atoms with Gasteiger partial charge in [0, 0.05) is 44.4 Å². The third-order valence-corrected chi connectivity index (χ3v) is 4.48. The zero-order valence-corrected chi connectivity index (χ0v) is 14.9. The summed E-state index contributed by atoms with van der Waals surface area (Å²) in [6, 6.07) is 13.2. The summed E-state index contributed by atoms with van der Waals surface area (Å²) in [6.07, 6.45) is 3.51. The highest BCUT2D eigenvalue weighted by molar-refractivity contribution is 5.93. The number of hydrogen-bond acceptors (Lipinski definition) is 4. The van der Waals surface area contributed by atoms with Gasteiger partial charge in [-0.25, -0.2) is 0 Å². The molecule has 1 atom stereocenters. The number of nitrogens with zero attached hydrogens (tertiary/aromatic N) is 2. The van der Waals surface area contributed by atoms with Crippen LogP contribution in [0.2, 0.25) is 0 Å². The van der Waals surface area contributed by atoms with Crippen molar-refractivity contribution in [3.05, 3.63) is 66.0 Å². The Balaban J connectivity index is 1.38. The number of rotatable bonds is 7. The van der Waals surface area contributed by atoms with E-state index in [4.69, 9.17) is 0 Å². The number of benzene rings is 1. The second-order valence-electron chi connectivity index (χ2n) is 6.43. The van der Waals surface area contributed by atoms with Crippen LogP contribution in [0, 0.1) is 0 Å². The lowest BCUT2D eigenvalue weighted by molar-refractivity contribution is -0.133. The average molecular weight is 366 g/mol. The van der Waals surface area contributed by atoms with E-state index in [1.54, 1.807) is 23.2 Å². The summed E-state index contributed by atoms with van der Waals surface area (Å²) in [7, 11) is 0. The van der Waals surface area contributed by atoms with Gasteiger partial charge in [0.1, 0.15) is 0 Å². The minimum atomic E-state index is -0.238. The monoisotopic (exact) mass is 366 g/mol. The lowest BCUT2D eigenvalue weighted by Gasteiger charge is -2.16. The Morgan fingerprint density at radius 3 is 2.59 bits per heavy atom. The lowest BCUT2D eigenvalue weighted by Crippen LogP contribution is -2.41. The predicted octanol–water partition coefficient (Wildman–Crippen LogP) is 0.944. The first-order chi connectivity index (χ1) is 13.1. The minimum Gasteiger partial charge on any atom is -0.353 e. The second kappa shape index (κ2) is 8.93. The van der Waals surface area contributed by atoms with Crippen LogP contribution < -0.4 is 10.6 Å². The highest BCUT2D eigenvalue weighted by Crippen LogP contribution is 2.27. The molecule has 0 bridgehead atoms. The fourth-order valence-electron chi connectivity index (χ4n) is 3.08. The van der Waals surface area contributed by atoms with Crippen molar-refractivity contribution >= 4 is 17.7 Å². The van der Waals surface area contributed by atoms with Crippen LogP contribution in [0.15, 0.2) is 54.9 Å². The smallest absolute Gasteiger partial charge is 0.252 e. The Morgan fingerprint density at radius 1 is 1.07 bits per heavy atom. The summed E-state index contributed by atoms with van der Waals surface area (Å²) in [4.78, 5) is 41.6. The molecule has 0 spiro atoms. The lowest BCUT2D eigenvalue weighted by atomic mass is 9.99. The van der Waals surface area contributed by atoms with Gasteiger partial charge in [0.15, 0.2) is 0 Å². The first kappa shape index (κ1) is 18.6. The van der Waals surface area contributed by atoms with E-state index in [2.05, 4.69) is 15.6 Å². The number of amides is 3. The van der Waals surface area contributed by atoms with Crippen molar-refractivity contribution < 1.29 is 14.4 Å². The molecule has 0 saturated carbocycles. The SMILES string of the molecule is O=C(CN1C[C@@H](c2ccccc2)CC1=O)NCCNC(=O)c1cccnc1. The molecule has 7 nitrogen and oxygen atoms in total. The molecule has 7 heteroatoms. The highest BCUT2D eigenvalue weighted by Gasteiger charge is 2.31. The maximum absolute atomic E-state index is 12.2. The number of carbonyl (C=O) groups excluding carboxylic acids is 3. The van der Waals surface area contributed by atoms with Gasteiger partial charge in [-0.3, -0.25) is 19.4 Å². The van der Waals surface area contributed by atoms with Crippen molar-refractivity contribution in [1.82, 2.24) is 20.5 Å². The summed E-state index contributed by atoms with van der Waals surface area (Å²) < 4.78 is 0. The van der Waals surface area contributed by atoms with Crippen LogP contribution in [0.3, 0.4) is 0 Å². The molecule has 0 unspecified atom stereocenters. The third kappa shape index (κ3) is 5.13. The van der Waals surface area contributed by atoms with E-state index in [1.807, 2.05) is 30.3 Å². The van der Waals surface area contributed by atoms with Gasteiger partial charge in [-0.15, -0.1) is 0 Å². The number of nitrogens with one attached hydrogen (secondary N) is 2. The molecule has 2 aromatic rings. The molecule has 1 fully saturated rings. The number of likely N-dealkylation sites (tertiary alicyclic amines) is 1. The van der Waals surface area contributed by atoms with E-state index in [0.29, 0.717) is 31.6 Å². The molecule has 1 aromatic carbocycles. The summed E-state index contributed by atoms with van der Waals surface area (Å²) in [6.45, 7) is 1.20. The first-order valence-corrected chi connectivity index (χ1v) is 8.91. The molecule has 140 valence electrons. The molecule has 0 radical (unpaired) electrons. The van der Waals surface area contributed by atoms with Gasteiger partial charge in [0.2, 0.25) is 11.8 Å². The predicted molar refractivity (Wildman–Crippen MR) is 100.0 cm³/mol. The molecule has 1 aromatic heterocycles. The largest absolute Gasteiger partial charge is 0.353 e. The van der Waals surface area contributed by atoms with E-state index in [-0.39, 0.29) is 30.2 Å². The van der Waals surface area contributed by atoms with Crippen LogP contribution in [0.5, 0.6) is 0 Å². The quantitative estimate of drug-likeness (QED) is 0.714. The zero-order valence-electron chi connectivity index (χ0n) is 14.9. The van der Waals surface area contributed by atoms with Gasteiger partial charge >= 0.3 is 0 Å². The zero-order chi connectivity index (χ0) is 19.1. The van der Waals surface area contributed by atoms with Gasteiger partial charge in [-0.05, 0) is 17.7 Å². The standard InChI is InChI=1S/C20H22N4O3/c25-18(22-9-10-23-20(27)16-7-4-8-21-12-16)14-24-13-17(11-19(24)26)15-5-2-1-3-6-15/h1-8,12,17H,9-11,13-14H2,(H,22,25)(H,23,27)/t17-/m0/s1. The molecule has 27 heavy (non-hydrogen) atoms. The van der Waals surface area contributed by atoms with Crippen molar-refractivity contribution in [2.75, 3.05) is 26.2 Å². The maximum Gasteiger partial charge on any atom is 0.252 e. The van der Waals surface area contributed by atoms with E-state index >= 15 is 0 Å². The fraction of sp³-hybridized carbons (Fsp3) is 0.300. The van der Waals surface area contributed by atoms with Crippen molar-refractivity contribution in [2.45, 2.75) is 12.3 Å². The Morgan fingerprint density at radius 2 is 1.85 bits per heavy atom. The van der Waals surface area contributed by atoms with Crippen LogP contribution in [-0.2, 0) is 9.59 Å². The normalized spacial score (nSPS) is 16.2. The fourth-order valence-corrected chi connectivity index (χ4v) is 3.08. The van der Waals surface area contributed by atoms with Crippen molar-refractivity contribution in [3.63, 3.8) is 0 Å². The summed E-state index contributed by atoms with van der Waals surface area (Å²) in [5.41, 5.74) is 1.59. The molecule has 1 aliphatic heterocycles. The van der Waals surface area contributed by atoms with Gasteiger partial charge in [0.25, 0.3) is 5.91 Å². The van der Waals surface area contributed by atoms with Gasteiger partial charge in [-0.1, -0.05) is 30.3 Å².